The van der Waals surface area contributed by atoms with Gasteiger partial charge in [-0.1, -0.05) is 0 Å². The summed E-state index contributed by atoms with van der Waals surface area (Å²) in [7, 11) is 0. The zero-order valence-corrected chi connectivity index (χ0v) is 5.82. The minimum absolute atomic E-state index is 0.216. The molecule has 4 heteroatoms. The lowest BCUT2D eigenvalue weighted by Crippen LogP contribution is -2.02. The largest absolute Gasteiger partial charge is 0.480 e. The fourth-order valence-electron chi connectivity index (χ4n) is 0.370. The van der Waals surface area contributed by atoms with Crippen LogP contribution in [-0.2, 0) is 4.79 Å². The lowest BCUT2D eigenvalue weighted by atomic mass is 10.3. The van der Waals surface area contributed by atoms with Crippen LogP contribution in [-0.4, -0.2) is 35.0 Å². The second-order valence-corrected chi connectivity index (χ2v) is 2.00. The molecule has 4 nitrogen and oxygen atoms in total. The van der Waals surface area contributed by atoms with Gasteiger partial charge in [-0.25, -0.2) is 0 Å². The maximum absolute atomic E-state index is 9.87. The second-order valence-electron chi connectivity index (χ2n) is 2.00. The van der Waals surface area contributed by atoms with E-state index >= 15 is 0 Å². The number of aliphatic carboxylic acids is 1. The van der Waals surface area contributed by atoms with Gasteiger partial charge in [0.25, 0.3) is 0 Å². The van der Waals surface area contributed by atoms with Crippen LogP contribution in [0.1, 0.15) is 13.3 Å². The number of carboxylic acids is 1. The molecule has 0 aromatic heterocycles. The molecule has 0 aliphatic heterocycles. The van der Waals surface area contributed by atoms with Crippen molar-refractivity contribution in [3.8, 4) is 0 Å². The van der Waals surface area contributed by atoms with Crippen molar-refractivity contribution in [2.45, 2.75) is 19.4 Å². The number of aliphatic imine (C=N–C) groups is 1. The highest BCUT2D eigenvalue weighted by atomic mass is 16.4. The van der Waals surface area contributed by atoms with Crippen LogP contribution in [0.4, 0.5) is 0 Å². The van der Waals surface area contributed by atoms with E-state index in [2.05, 4.69) is 4.99 Å². The molecule has 0 rings (SSSR count). The Morgan fingerprint density at radius 2 is 2.40 bits per heavy atom. The first kappa shape index (κ1) is 9.10. The minimum Gasteiger partial charge on any atom is -0.480 e. The highest BCUT2D eigenvalue weighted by Gasteiger charge is 1.91. The molecule has 2 N–H and O–H groups in total. The molecular formula is C6H11NO3. The van der Waals surface area contributed by atoms with E-state index in [1.54, 1.807) is 6.92 Å². The van der Waals surface area contributed by atoms with Gasteiger partial charge in [-0.15, -0.1) is 0 Å². The van der Waals surface area contributed by atoms with Gasteiger partial charge in [-0.05, 0) is 6.92 Å². The molecule has 0 saturated heterocycles. The molecule has 0 fully saturated rings. The summed E-state index contributed by atoms with van der Waals surface area (Å²) in [5.74, 6) is -0.957. The van der Waals surface area contributed by atoms with Gasteiger partial charge in [0.1, 0.15) is 6.54 Å². The highest BCUT2D eigenvalue weighted by Crippen LogP contribution is 1.83. The third-order valence-electron chi connectivity index (χ3n) is 0.802. The van der Waals surface area contributed by atoms with Crippen molar-refractivity contribution in [3.05, 3.63) is 0 Å². The molecule has 0 radical (unpaired) electrons. The number of aliphatic hydroxyl groups is 1. The lowest BCUT2D eigenvalue weighted by molar-refractivity contribution is -0.135. The Bertz CT molecular complexity index is 131. The fourth-order valence-corrected chi connectivity index (χ4v) is 0.370. The van der Waals surface area contributed by atoms with Gasteiger partial charge in [-0.3, -0.25) is 9.79 Å². The molecule has 0 spiro atoms. The third-order valence-corrected chi connectivity index (χ3v) is 0.802. The number of nitrogens with zero attached hydrogens (tertiary/aromatic N) is 1. The van der Waals surface area contributed by atoms with Gasteiger partial charge >= 0.3 is 5.97 Å². The van der Waals surface area contributed by atoms with Gasteiger partial charge in [0, 0.05) is 12.6 Å². The van der Waals surface area contributed by atoms with Crippen molar-refractivity contribution >= 4 is 12.2 Å². The highest BCUT2D eigenvalue weighted by molar-refractivity contribution is 5.71. The summed E-state index contributed by atoms with van der Waals surface area (Å²) >= 11 is 0. The zero-order chi connectivity index (χ0) is 7.98. The Morgan fingerprint density at radius 3 is 2.80 bits per heavy atom. The first-order valence-corrected chi connectivity index (χ1v) is 3.01. The summed E-state index contributed by atoms with van der Waals surface area (Å²) in [4.78, 5) is 13.4. The quantitative estimate of drug-likeness (QED) is 0.543. The number of hydrogen-bond donors (Lipinski definition) is 2. The van der Waals surface area contributed by atoms with Crippen LogP contribution in [0.3, 0.4) is 0 Å². The summed E-state index contributed by atoms with van der Waals surface area (Å²) in [6.07, 6.45) is 1.38. The van der Waals surface area contributed by atoms with Crippen molar-refractivity contribution in [1.82, 2.24) is 0 Å². The molecular weight excluding hydrogens is 134 g/mol. The Morgan fingerprint density at radius 1 is 1.80 bits per heavy atom. The van der Waals surface area contributed by atoms with Gasteiger partial charge in [0.05, 0.1) is 6.10 Å². The molecule has 0 bridgehead atoms. The second kappa shape index (κ2) is 4.93. The number of aliphatic hydroxyl groups excluding tert-OH is 1. The topological polar surface area (TPSA) is 69.9 Å². The summed E-state index contributed by atoms with van der Waals surface area (Å²) in [6, 6.07) is 0. The van der Waals surface area contributed by atoms with E-state index in [0.29, 0.717) is 6.42 Å². The van der Waals surface area contributed by atoms with E-state index in [4.69, 9.17) is 10.2 Å². The molecule has 0 aromatic carbocycles. The Kier molecular flexibility index (Phi) is 4.49. The predicted octanol–water partition coefficient (Wildman–Crippen LogP) is -0.0873. The Hall–Kier alpha value is -0.900. The molecule has 0 heterocycles. The van der Waals surface area contributed by atoms with Crippen LogP contribution in [0, 0.1) is 0 Å². The van der Waals surface area contributed by atoms with Gasteiger partial charge in [-0.2, -0.15) is 0 Å². The molecule has 58 valence electrons. The Labute approximate surface area is 59.2 Å². The van der Waals surface area contributed by atoms with Gasteiger partial charge in [0.15, 0.2) is 0 Å². The maximum Gasteiger partial charge on any atom is 0.325 e. The summed E-state index contributed by atoms with van der Waals surface area (Å²) in [5, 5.41) is 16.8. The standard InChI is InChI=1S/C6H11NO3/c1-5(8)2-3-7-4-6(9)10/h3,5,8H,2,4H2,1H3,(H,9,10). The molecule has 0 aliphatic rings. The van der Waals surface area contributed by atoms with E-state index in [1.165, 1.54) is 6.21 Å². The van der Waals surface area contributed by atoms with Gasteiger partial charge < -0.3 is 10.2 Å². The van der Waals surface area contributed by atoms with Crippen LogP contribution in [0.15, 0.2) is 4.99 Å². The van der Waals surface area contributed by atoms with E-state index in [1.807, 2.05) is 0 Å². The lowest BCUT2D eigenvalue weighted by Gasteiger charge is -1.94. The van der Waals surface area contributed by atoms with Crippen molar-refractivity contribution in [2.24, 2.45) is 4.99 Å². The number of hydrogen-bond acceptors (Lipinski definition) is 3. The summed E-state index contributed by atoms with van der Waals surface area (Å²) < 4.78 is 0. The Balaban J connectivity index is 3.29. The van der Waals surface area contributed by atoms with Crippen LogP contribution in [0.2, 0.25) is 0 Å². The van der Waals surface area contributed by atoms with Crippen LogP contribution in [0.5, 0.6) is 0 Å². The first-order valence-electron chi connectivity index (χ1n) is 3.01. The monoisotopic (exact) mass is 145 g/mol. The van der Waals surface area contributed by atoms with Crippen LogP contribution >= 0.6 is 0 Å². The third kappa shape index (κ3) is 7.10. The van der Waals surface area contributed by atoms with Crippen molar-refractivity contribution in [2.75, 3.05) is 6.54 Å². The summed E-state index contributed by atoms with van der Waals surface area (Å²) in [5.41, 5.74) is 0. The van der Waals surface area contributed by atoms with E-state index < -0.39 is 12.1 Å². The SMILES string of the molecule is CC(O)CC=NCC(=O)O. The van der Waals surface area contributed by atoms with E-state index in [-0.39, 0.29) is 6.54 Å². The molecule has 0 amide bonds. The predicted molar refractivity (Wildman–Crippen MR) is 37.3 cm³/mol. The molecule has 0 aromatic rings. The minimum atomic E-state index is -0.957. The van der Waals surface area contributed by atoms with Crippen molar-refractivity contribution < 1.29 is 15.0 Å². The van der Waals surface area contributed by atoms with Crippen LogP contribution in [0.25, 0.3) is 0 Å². The average Bonchev–Trinajstić information content (AvgIpc) is 1.79. The normalized spacial score (nSPS) is 13.8. The summed E-state index contributed by atoms with van der Waals surface area (Å²) in [6.45, 7) is 1.40. The molecule has 0 saturated carbocycles. The fraction of sp³-hybridized carbons (Fsp3) is 0.667. The van der Waals surface area contributed by atoms with E-state index in [9.17, 15) is 4.79 Å². The number of rotatable bonds is 4. The first-order chi connectivity index (χ1) is 4.63. The number of carbonyl (C=O) groups is 1. The molecule has 0 aliphatic carbocycles. The number of carboxylic acid groups (broad SMARTS) is 1. The van der Waals surface area contributed by atoms with Crippen molar-refractivity contribution in [3.63, 3.8) is 0 Å². The molecule has 1 unspecified atom stereocenters. The zero-order valence-electron chi connectivity index (χ0n) is 5.82. The smallest absolute Gasteiger partial charge is 0.325 e. The average molecular weight is 145 g/mol. The molecule has 1 atom stereocenters. The maximum atomic E-state index is 9.87. The van der Waals surface area contributed by atoms with Crippen LogP contribution < -0.4 is 0 Å². The molecule has 10 heavy (non-hydrogen) atoms. The van der Waals surface area contributed by atoms with Crippen molar-refractivity contribution in [1.29, 1.82) is 0 Å². The van der Waals surface area contributed by atoms with Gasteiger partial charge in [0.2, 0.25) is 0 Å². The van der Waals surface area contributed by atoms with E-state index in [0.717, 1.165) is 0 Å².